The van der Waals surface area contributed by atoms with Crippen molar-refractivity contribution in [2.45, 2.75) is 32.6 Å². The summed E-state index contributed by atoms with van der Waals surface area (Å²) in [5.74, 6) is 1.18. The van der Waals surface area contributed by atoms with Crippen molar-refractivity contribution in [3.8, 4) is 0 Å². The molecule has 0 radical (unpaired) electrons. The monoisotopic (exact) mass is 414 g/mol. The lowest BCUT2D eigenvalue weighted by Crippen LogP contribution is -2.41. The molecular weight excluding hydrogens is 388 g/mol. The van der Waals surface area contributed by atoms with Crippen LogP contribution in [0, 0.1) is 5.92 Å². The predicted molar refractivity (Wildman–Crippen MR) is 123 cm³/mol. The second-order valence-corrected chi connectivity index (χ2v) is 8.52. The topological polar surface area (TPSA) is 71.3 Å². The van der Waals surface area contributed by atoms with E-state index < -0.39 is 0 Å². The highest BCUT2D eigenvalue weighted by atomic mass is 16.3. The van der Waals surface area contributed by atoms with Crippen molar-refractivity contribution in [1.82, 2.24) is 9.97 Å². The summed E-state index contributed by atoms with van der Waals surface area (Å²) < 4.78 is 6.09. The van der Waals surface area contributed by atoms with Gasteiger partial charge in [-0.05, 0) is 48.6 Å². The van der Waals surface area contributed by atoms with E-state index in [-0.39, 0.29) is 11.8 Å². The largest absolute Gasteiger partial charge is 0.450 e. The van der Waals surface area contributed by atoms with Crippen LogP contribution in [0.3, 0.4) is 0 Å². The summed E-state index contributed by atoms with van der Waals surface area (Å²) in [5.41, 5.74) is 4.41. The van der Waals surface area contributed by atoms with Gasteiger partial charge in [-0.1, -0.05) is 38.1 Å². The van der Waals surface area contributed by atoms with Crippen LogP contribution in [0.1, 0.15) is 38.2 Å². The van der Waals surface area contributed by atoms with Crippen LogP contribution in [0.5, 0.6) is 0 Å². The molecule has 0 bridgehead atoms. The van der Waals surface area contributed by atoms with Crippen molar-refractivity contribution in [2.24, 2.45) is 5.92 Å². The Balaban J connectivity index is 1.36. The molecule has 1 fully saturated rings. The lowest BCUT2D eigenvalue weighted by Gasteiger charge is -2.32. The Labute approximate surface area is 181 Å². The number of fused-ring (bicyclic) bond motifs is 3. The molecule has 0 spiro atoms. The molecular formula is C25H26N4O2. The highest BCUT2D eigenvalue weighted by Crippen LogP contribution is 2.34. The average Bonchev–Trinajstić information content (AvgIpc) is 3.18. The van der Waals surface area contributed by atoms with Gasteiger partial charge < -0.3 is 14.6 Å². The number of carbonyl (C=O) groups excluding carboxylic acids is 1. The fraction of sp³-hybridized carbons (Fsp3) is 0.320. The first-order chi connectivity index (χ1) is 15.1. The molecule has 1 amide bonds. The van der Waals surface area contributed by atoms with E-state index >= 15 is 0 Å². The van der Waals surface area contributed by atoms with E-state index in [1.165, 1.54) is 5.56 Å². The lowest BCUT2D eigenvalue weighted by atomic mass is 9.96. The molecule has 1 unspecified atom stereocenters. The van der Waals surface area contributed by atoms with Gasteiger partial charge in [-0.3, -0.25) is 4.79 Å². The molecule has 1 saturated heterocycles. The molecule has 1 aliphatic rings. The second kappa shape index (κ2) is 8.02. The molecule has 2 aromatic carbocycles. The number of para-hydroxylation sites is 1. The van der Waals surface area contributed by atoms with Gasteiger partial charge in [0.2, 0.25) is 5.91 Å². The third-order valence-electron chi connectivity index (χ3n) is 6.08. The number of aromatic nitrogens is 2. The van der Waals surface area contributed by atoms with Crippen LogP contribution in [0.2, 0.25) is 0 Å². The molecule has 1 atom stereocenters. The molecule has 0 aliphatic carbocycles. The number of amides is 1. The SMILES string of the molecule is CC(C)c1ccc(NC(=O)C2CCCN(c3ncnc4c3oc3ccccc34)C2)cc1. The highest BCUT2D eigenvalue weighted by Gasteiger charge is 2.28. The zero-order valence-electron chi connectivity index (χ0n) is 17.8. The van der Waals surface area contributed by atoms with Crippen molar-refractivity contribution in [2.75, 3.05) is 23.3 Å². The third kappa shape index (κ3) is 3.74. The van der Waals surface area contributed by atoms with Gasteiger partial charge in [0.05, 0.1) is 5.92 Å². The second-order valence-electron chi connectivity index (χ2n) is 8.52. The van der Waals surface area contributed by atoms with E-state index in [0.717, 1.165) is 47.4 Å². The standard InChI is InChI=1S/C25H26N4O2/c1-16(2)17-9-11-19(12-10-17)28-25(30)18-6-5-13-29(14-18)24-23-22(26-15-27-24)20-7-3-4-8-21(20)31-23/h3-4,7-12,15-16,18H,5-6,13-14H2,1-2H3,(H,28,30). The Morgan fingerprint density at radius 3 is 2.74 bits per heavy atom. The first kappa shape index (κ1) is 19.5. The van der Waals surface area contributed by atoms with Gasteiger partial charge in [-0.15, -0.1) is 0 Å². The zero-order valence-corrected chi connectivity index (χ0v) is 17.8. The number of nitrogens with zero attached hydrogens (tertiary/aromatic N) is 3. The van der Waals surface area contributed by atoms with Crippen LogP contribution >= 0.6 is 0 Å². The number of hydrogen-bond acceptors (Lipinski definition) is 5. The Bertz CT molecular complexity index is 1230. The van der Waals surface area contributed by atoms with Gasteiger partial charge in [0.15, 0.2) is 11.4 Å². The van der Waals surface area contributed by atoms with Crippen LogP contribution in [0.25, 0.3) is 22.1 Å². The number of rotatable bonds is 4. The summed E-state index contributed by atoms with van der Waals surface area (Å²) in [6.07, 6.45) is 3.37. The van der Waals surface area contributed by atoms with Crippen molar-refractivity contribution >= 4 is 39.5 Å². The van der Waals surface area contributed by atoms with Gasteiger partial charge in [0.1, 0.15) is 17.4 Å². The Morgan fingerprint density at radius 2 is 1.94 bits per heavy atom. The molecule has 2 aromatic heterocycles. The predicted octanol–water partition coefficient (Wildman–Crippen LogP) is 5.35. The molecule has 3 heterocycles. The summed E-state index contributed by atoms with van der Waals surface area (Å²) in [7, 11) is 0. The maximum absolute atomic E-state index is 13.0. The molecule has 5 rings (SSSR count). The molecule has 31 heavy (non-hydrogen) atoms. The third-order valence-corrected chi connectivity index (χ3v) is 6.08. The maximum Gasteiger partial charge on any atom is 0.229 e. The van der Waals surface area contributed by atoms with Gasteiger partial charge in [-0.25, -0.2) is 9.97 Å². The molecule has 1 N–H and O–H groups in total. The molecule has 6 heteroatoms. The number of furan rings is 1. The van der Waals surface area contributed by atoms with Crippen molar-refractivity contribution in [1.29, 1.82) is 0 Å². The van der Waals surface area contributed by atoms with Gasteiger partial charge >= 0.3 is 0 Å². The van der Waals surface area contributed by atoms with Crippen LogP contribution < -0.4 is 10.2 Å². The van der Waals surface area contributed by atoms with Gasteiger partial charge in [0.25, 0.3) is 0 Å². The van der Waals surface area contributed by atoms with E-state index in [1.54, 1.807) is 6.33 Å². The molecule has 0 saturated carbocycles. The Kier molecular flexibility index (Phi) is 5.06. The fourth-order valence-electron chi connectivity index (χ4n) is 4.32. The number of piperidine rings is 1. The Hall–Kier alpha value is -3.41. The van der Waals surface area contributed by atoms with E-state index in [4.69, 9.17) is 4.42 Å². The summed E-state index contributed by atoms with van der Waals surface area (Å²) in [6, 6.07) is 16.0. The highest BCUT2D eigenvalue weighted by molar-refractivity contribution is 6.05. The van der Waals surface area contributed by atoms with Crippen LogP contribution in [-0.4, -0.2) is 29.0 Å². The first-order valence-corrected chi connectivity index (χ1v) is 10.9. The summed E-state index contributed by atoms with van der Waals surface area (Å²) in [6.45, 7) is 5.78. The van der Waals surface area contributed by atoms with Crippen LogP contribution in [0.15, 0.2) is 59.3 Å². The zero-order chi connectivity index (χ0) is 21.4. The number of anilines is 2. The first-order valence-electron chi connectivity index (χ1n) is 10.9. The smallest absolute Gasteiger partial charge is 0.229 e. The van der Waals surface area contributed by atoms with E-state index in [0.29, 0.717) is 18.0 Å². The average molecular weight is 415 g/mol. The molecule has 1 aliphatic heterocycles. The van der Waals surface area contributed by atoms with Crippen LogP contribution in [-0.2, 0) is 4.79 Å². The number of benzene rings is 2. The maximum atomic E-state index is 13.0. The number of hydrogen-bond donors (Lipinski definition) is 1. The van der Waals surface area contributed by atoms with Crippen molar-refractivity contribution in [3.05, 3.63) is 60.4 Å². The van der Waals surface area contributed by atoms with Crippen molar-refractivity contribution < 1.29 is 9.21 Å². The van der Waals surface area contributed by atoms with Crippen LogP contribution in [0.4, 0.5) is 11.5 Å². The fourth-order valence-corrected chi connectivity index (χ4v) is 4.32. The molecule has 158 valence electrons. The van der Waals surface area contributed by atoms with Gasteiger partial charge in [0, 0.05) is 24.2 Å². The van der Waals surface area contributed by atoms with E-state index in [1.807, 2.05) is 36.4 Å². The van der Waals surface area contributed by atoms with E-state index in [9.17, 15) is 4.79 Å². The molecule has 6 nitrogen and oxygen atoms in total. The quantitative estimate of drug-likeness (QED) is 0.487. The minimum absolute atomic E-state index is 0.0527. The minimum Gasteiger partial charge on any atom is -0.450 e. The summed E-state index contributed by atoms with van der Waals surface area (Å²) in [5, 5.41) is 4.07. The summed E-state index contributed by atoms with van der Waals surface area (Å²) in [4.78, 5) is 24.1. The number of carbonyl (C=O) groups is 1. The van der Waals surface area contributed by atoms with E-state index in [2.05, 4.69) is 46.2 Å². The minimum atomic E-state index is -0.104. The number of nitrogens with one attached hydrogen (secondary N) is 1. The van der Waals surface area contributed by atoms with Crippen molar-refractivity contribution in [3.63, 3.8) is 0 Å². The summed E-state index contributed by atoms with van der Waals surface area (Å²) >= 11 is 0. The Morgan fingerprint density at radius 1 is 1.13 bits per heavy atom. The van der Waals surface area contributed by atoms with Gasteiger partial charge in [-0.2, -0.15) is 0 Å². The molecule has 4 aromatic rings. The lowest BCUT2D eigenvalue weighted by molar-refractivity contribution is -0.120. The normalized spacial score (nSPS) is 16.9.